The summed E-state index contributed by atoms with van der Waals surface area (Å²) in [7, 11) is 0. The van der Waals surface area contributed by atoms with Crippen LogP contribution in [0.4, 0.5) is 0 Å². The van der Waals surface area contributed by atoms with E-state index < -0.39 is 0 Å². The van der Waals surface area contributed by atoms with E-state index in [1.165, 1.54) is 6.42 Å². The van der Waals surface area contributed by atoms with Gasteiger partial charge in [-0.15, -0.1) is 0 Å². The first-order chi connectivity index (χ1) is 5.95. The Labute approximate surface area is 72.8 Å². The van der Waals surface area contributed by atoms with E-state index in [0.717, 1.165) is 38.6 Å². The molecule has 0 amide bonds. The highest BCUT2D eigenvalue weighted by atomic mass is 15.2. The van der Waals surface area contributed by atoms with Crippen LogP contribution in [-0.2, 0) is 0 Å². The van der Waals surface area contributed by atoms with Crippen molar-refractivity contribution in [3.8, 4) is 0 Å². The van der Waals surface area contributed by atoms with Crippen molar-refractivity contribution in [2.75, 3.05) is 26.2 Å². The molecule has 0 aromatic heterocycles. The molecule has 2 heterocycles. The topological polar surface area (TPSA) is 48.5 Å². The van der Waals surface area contributed by atoms with Gasteiger partial charge < -0.3 is 16.0 Å². The number of nitrogens with zero attached hydrogens (tertiary/aromatic N) is 1. The average Bonchev–Trinajstić information content (AvgIpc) is 2.59. The van der Waals surface area contributed by atoms with Gasteiger partial charge in [0, 0.05) is 25.7 Å². The zero-order valence-electron chi connectivity index (χ0n) is 7.27. The SMILES string of the molecule is C1CN=C(NC2CCNC2)NC1. The van der Waals surface area contributed by atoms with Crippen LogP contribution in [0.1, 0.15) is 12.8 Å². The highest BCUT2D eigenvalue weighted by molar-refractivity contribution is 5.80. The molecule has 3 N–H and O–H groups in total. The summed E-state index contributed by atoms with van der Waals surface area (Å²) in [5.74, 6) is 0.995. The van der Waals surface area contributed by atoms with Gasteiger partial charge in [-0.1, -0.05) is 0 Å². The Morgan fingerprint density at radius 2 is 2.42 bits per heavy atom. The number of hydrogen-bond donors (Lipinski definition) is 3. The molecular formula is C8H16N4. The molecule has 1 atom stereocenters. The third kappa shape index (κ3) is 1.88. The Kier molecular flexibility index (Phi) is 2.46. The third-order valence-corrected chi connectivity index (χ3v) is 2.30. The monoisotopic (exact) mass is 168 g/mol. The maximum Gasteiger partial charge on any atom is 0.191 e. The molecule has 0 aromatic rings. The van der Waals surface area contributed by atoms with Gasteiger partial charge in [-0.2, -0.15) is 0 Å². The Balaban J connectivity index is 1.80. The van der Waals surface area contributed by atoms with Crippen LogP contribution in [0.15, 0.2) is 4.99 Å². The van der Waals surface area contributed by atoms with Crippen LogP contribution in [0, 0.1) is 0 Å². The summed E-state index contributed by atoms with van der Waals surface area (Å²) in [6.07, 6.45) is 2.37. The van der Waals surface area contributed by atoms with Gasteiger partial charge in [0.1, 0.15) is 0 Å². The van der Waals surface area contributed by atoms with Gasteiger partial charge in [-0.3, -0.25) is 4.99 Å². The van der Waals surface area contributed by atoms with Crippen molar-refractivity contribution < 1.29 is 0 Å². The Bertz CT molecular complexity index is 172. The molecule has 1 unspecified atom stereocenters. The molecule has 0 saturated carbocycles. The van der Waals surface area contributed by atoms with Gasteiger partial charge in [0.2, 0.25) is 0 Å². The van der Waals surface area contributed by atoms with Gasteiger partial charge in [-0.05, 0) is 19.4 Å². The molecule has 2 rings (SSSR count). The standard InChI is InChI=1S/C8H16N4/c1-3-10-8(11-4-1)12-7-2-5-9-6-7/h7,9H,1-6H2,(H2,10,11,12). The second-order valence-corrected chi connectivity index (χ2v) is 3.34. The molecule has 2 aliphatic heterocycles. The molecule has 68 valence electrons. The first kappa shape index (κ1) is 7.86. The number of guanidine groups is 1. The highest BCUT2D eigenvalue weighted by Gasteiger charge is 2.15. The van der Waals surface area contributed by atoms with Crippen molar-refractivity contribution in [2.24, 2.45) is 4.99 Å². The molecule has 4 nitrogen and oxygen atoms in total. The zero-order valence-corrected chi connectivity index (χ0v) is 7.27. The van der Waals surface area contributed by atoms with Crippen LogP contribution in [0.25, 0.3) is 0 Å². The third-order valence-electron chi connectivity index (χ3n) is 2.30. The summed E-state index contributed by atoms with van der Waals surface area (Å²) in [6.45, 7) is 4.23. The number of hydrogen-bond acceptors (Lipinski definition) is 4. The smallest absolute Gasteiger partial charge is 0.191 e. The van der Waals surface area contributed by atoms with Crippen LogP contribution in [0.5, 0.6) is 0 Å². The minimum Gasteiger partial charge on any atom is -0.356 e. The molecule has 0 bridgehead atoms. The highest BCUT2D eigenvalue weighted by Crippen LogP contribution is 1.97. The van der Waals surface area contributed by atoms with E-state index in [0.29, 0.717) is 6.04 Å². The van der Waals surface area contributed by atoms with E-state index >= 15 is 0 Å². The predicted octanol–water partition coefficient (Wildman–Crippen LogP) is -0.713. The molecule has 12 heavy (non-hydrogen) atoms. The maximum absolute atomic E-state index is 4.36. The fourth-order valence-corrected chi connectivity index (χ4v) is 1.60. The van der Waals surface area contributed by atoms with E-state index in [2.05, 4.69) is 20.9 Å². The van der Waals surface area contributed by atoms with Crippen molar-refractivity contribution in [1.82, 2.24) is 16.0 Å². The summed E-state index contributed by atoms with van der Waals surface area (Å²) in [5, 5.41) is 9.97. The maximum atomic E-state index is 4.36. The molecule has 0 aromatic carbocycles. The lowest BCUT2D eigenvalue weighted by molar-refractivity contribution is 0.621. The normalized spacial score (nSPS) is 29.3. The number of nitrogens with one attached hydrogen (secondary N) is 3. The van der Waals surface area contributed by atoms with E-state index in [1.807, 2.05) is 0 Å². The van der Waals surface area contributed by atoms with Crippen molar-refractivity contribution in [1.29, 1.82) is 0 Å². The van der Waals surface area contributed by atoms with Gasteiger partial charge in [0.25, 0.3) is 0 Å². The molecule has 1 fully saturated rings. The molecule has 0 aliphatic carbocycles. The van der Waals surface area contributed by atoms with Crippen molar-refractivity contribution in [3.05, 3.63) is 0 Å². The summed E-state index contributed by atoms with van der Waals surface area (Å²) in [6, 6.07) is 0.578. The average molecular weight is 168 g/mol. The Morgan fingerprint density at radius 1 is 1.42 bits per heavy atom. The lowest BCUT2D eigenvalue weighted by Gasteiger charge is -2.19. The van der Waals surface area contributed by atoms with Crippen LogP contribution in [-0.4, -0.2) is 38.2 Å². The predicted molar refractivity (Wildman–Crippen MR) is 49.3 cm³/mol. The first-order valence-corrected chi connectivity index (χ1v) is 4.71. The quantitative estimate of drug-likeness (QED) is 0.484. The second kappa shape index (κ2) is 3.76. The minimum atomic E-state index is 0.578. The molecular weight excluding hydrogens is 152 g/mol. The van der Waals surface area contributed by atoms with E-state index in [9.17, 15) is 0 Å². The van der Waals surface area contributed by atoms with Gasteiger partial charge in [0.15, 0.2) is 5.96 Å². The number of rotatable bonds is 1. The summed E-state index contributed by atoms with van der Waals surface area (Å²) >= 11 is 0. The van der Waals surface area contributed by atoms with Crippen LogP contribution in [0.2, 0.25) is 0 Å². The summed E-state index contributed by atoms with van der Waals surface area (Å²) in [5.41, 5.74) is 0. The van der Waals surface area contributed by atoms with Crippen molar-refractivity contribution >= 4 is 5.96 Å². The first-order valence-electron chi connectivity index (χ1n) is 4.71. The molecule has 0 spiro atoms. The van der Waals surface area contributed by atoms with Gasteiger partial charge in [-0.25, -0.2) is 0 Å². The van der Waals surface area contributed by atoms with E-state index in [-0.39, 0.29) is 0 Å². The molecule has 1 saturated heterocycles. The van der Waals surface area contributed by atoms with Crippen molar-refractivity contribution in [2.45, 2.75) is 18.9 Å². The van der Waals surface area contributed by atoms with Crippen LogP contribution < -0.4 is 16.0 Å². The second-order valence-electron chi connectivity index (χ2n) is 3.34. The lowest BCUT2D eigenvalue weighted by Crippen LogP contribution is -2.46. The molecule has 0 radical (unpaired) electrons. The Morgan fingerprint density at radius 3 is 3.08 bits per heavy atom. The summed E-state index contributed by atoms with van der Waals surface area (Å²) < 4.78 is 0. The van der Waals surface area contributed by atoms with Crippen LogP contribution in [0.3, 0.4) is 0 Å². The summed E-state index contributed by atoms with van der Waals surface area (Å²) in [4.78, 5) is 4.36. The molecule has 2 aliphatic rings. The lowest BCUT2D eigenvalue weighted by atomic mass is 10.2. The zero-order chi connectivity index (χ0) is 8.23. The molecule has 4 heteroatoms. The van der Waals surface area contributed by atoms with Crippen LogP contribution >= 0.6 is 0 Å². The van der Waals surface area contributed by atoms with E-state index in [4.69, 9.17) is 0 Å². The van der Waals surface area contributed by atoms with E-state index in [1.54, 1.807) is 0 Å². The fraction of sp³-hybridized carbons (Fsp3) is 0.875. The number of aliphatic imine (C=N–C) groups is 1. The van der Waals surface area contributed by atoms with Crippen molar-refractivity contribution in [3.63, 3.8) is 0 Å². The minimum absolute atomic E-state index is 0.578. The Hall–Kier alpha value is -0.770. The fourth-order valence-electron chi connectivity index (χ4n) is 1.60. The van der Waals surface area contributed by atoms with Gasteiger partial charge in [0.05, 0.1) is 0 Å². The largest absolute Gasteiger partial charge is 0.356 e. The van der Waals surface area contributed by atoms with Gasteiger partial charge >= 0.3 is 0 Å².